The molecular weight excluding hydrogens is 341 g/mol. The van der Waals surface area contributed by atoms with Crippen LogP contribution in [0.25, 0.3) is 0 Å². The van der Waals surface area contributed by atoms with Crippen molar-refractivity contribution in [3.05, 3.63) is 50.1 Å². The average Bonchev–Trinajstić information content (AvgIpc) is 2.86. The SMILES string of the molecule is Cc1ccsc1CN(C)C(=O)C(C)Oc1ccc(Cl)cc1Cl. The first kappa shape index (κ1) is 17.1. The number of halogens is 2. The van der Waals surface area contributed by atoms with E-state index in [2.05, 4.69) is 0 Å². The van der Waals surface area contributed by atoms with Crippen molar-refractivity contribution in [2.45, 2.75) is 26.5 Å². The van der Waals surface area contributed by atoms with Crippen LogP contribution in [-0.4, -0.2) is 24.0 Å². The van der Waals surface area contributed by atoms with Gasteiger partial charge < -0.3 is 9.64 Å². The summed E-state index contributed by atoms with van der Waals surface area (Å²) < 4.78 is 5.65. The van der Waals surface area contributed by atoms with Crippen LogP contribution in [0, 0.1) is 6.92 Å². The molecule has 1 aromatic heterocycles. The number of nitrogens with zero attached hydrogens (tertiary/aromatic N) is 1. The van der Waals surface area contributed by atoms with Crippen molar-refractivity contribution < 1.29 is 9.53 Å². The maximum absolute atomic E-state index is 12.4. The number of rotatable bonds is 5. The van der Waals surface area contributed by atoms with E-state index < -0.39 is 6.10 Å². The summed E-state index contributed by atoms with van der Waals surface area (Å²) in [5.41, 5.74) is 1.19. The lowest BCUT2D eigenvalue weighted by atomic mass is 10.2. The van der Waals surface area contributed by atoms with Gasteiger partial charge in [0.05, 0.1) is 11.6 Å². The first-order valence-corrected chi connectivity index (χ1v) is 8.41. The van der Waals surface area contributed by atoms with E-state index in [1.54, 1.807) is 48.4 Å². The molecule has 0 bridgehead atoms. The van der Waals surface area contributed by atoms with Crippen LogP contribution in [0.4, 0.5) is 0 Å². The molecule has 0 N–H and O–H groups in total. The molecule has 6 heteroatoms. The van der Waals surface area contributed by atoms with Crippen LogP contribution >= 0.6 is 34.5 Å². The lowest BCUT2D eigenvalue weighted by molar-refractivity contribution is -0.137. The Hall–Kier alpha value is -1.23. The number of ether oxygens (including phenoxy) is 1. The maximum atomic E-state index is 12.4. The summed E-state index contributed by atoms with van der Waals surface area (Å²) in [4.78, 5) is 15.2. The summed E-state index contributed by atoms with van der Waals surface area (Å²) in [6.07, 6.45) is -0.621. The van der Waals surface area contributed by atoms with Gasteiger partial charge >= 0.3 is 0 Å². The Labute approximate surface area is 144 Å². The minimum Gasteiger partial charge on any atom is -0.479 e. The normalized spacial score (nSPS) is 12.0. The number of hydrogen-bond acceptors (Lipinski definition) is 3. The van der Waals surface area contributed by atoms with E-state index in [-0.39, 0.29) is 5.91 Å². The van der Waals surface area contributed by atoms with Crippen molar-refractivity contribution in [1.29, 1.82) is 0 Å². The average molecular weight is 358 g/mol. The Kier molecular flexibility index (Phi) is 5.73. The molecule has 118 valence electrons. The van der Waals surface area contributed by atoms with Gasteiger partial charge in [0.1, 0.15) is 5.75 Å². The Morgan fingerprint density at radius 3 is 2.68 bits per heavy atom. The Balaban J connectivity index is 2.00. The predicted octanol–water partition coefficient (Wildman–Crippen LogP) is 4.79. The number of carbonyl (C=O) groups excluding carboxylic acids is 1. The Morgan fingerprint density at radius 1 is 1.36 bits per heavy atom. The van der Waals surface area contributed by atoms with Gasteiger partial charge in [0.25, 0.3) is 5.91 Å². The molecule has 0 saturated carbocycles. The second-order valence-electron chi connectivity index (χ2n) is 5.06. The van der Waals surface area contributed by atoms with Crippen LogP contribution in [0.15, 0.2) is 29.6 Å². The molecule has 2 aromatic rings. The first-order chi connectivity index (χ1) is 10.4. The predicted molar refractivity (Wildman–Crippen MR) is 92.1 cm³/mol. The number of benzene rings is 1. The first-order valence-electron chi connectivity index (χ1n) is 6.78. The number of likely N-dealkylation sites (N-methyl/N-ethyl adjacent to an activating group) is 1. The van der Waals surface area contributed by atoms with Gasteiger partial charge in [-0.25, -0.2) is 0 Å². The zero-order valence-electron chi connectivity index (χ0n) is 12.6. The highest BCUT2D eigenvalue weighted by atomic mass is 35.5. The minimum absolute atomic E-state index is 0.0983. The summed E-state index contributed by atoms with van der Waals surface area (Å²) in [6.45, 7) is 4.33. The van der Waals surface area contributed by atoms with Crippen LogP contribution in [0.3, 0.4) is 0 Å². The van der Waals surface area contributed by atoms with E-state index in [9.17, 15) is 4.79 Å². The van der Waals surface area contributed by atoms with Crippen molar-refractivity contribution in [3.63, 3.8) is 0 Å². The zero-order valence-corrected chi connectivity index (χ0v) is 14.9. The number of aryl methyl sites for hydroxylation is 1. The smallest absolute Gasteiger partial charge is 0.263 e. The van der Waals surface area contributed by atoms with E-state index in [1.165, 1.54) is 10.4 Å². The van der Waals surface area contributed by atoms with Gasteiger partial charge in [-0.3, -0.25) is 4.79 Å². The number of thiophene rings is 1. The van der Waals surface area contributed by atoms with Gasteiger partial charge in [-0.15, -0.1) is 11.3 Å². The van der Waals surface area contributed by atoms with Crippen molar-refractivity contribution in [2.24, 2.45) is 0 Å². The second-order valence-corrected chi connectivity index (χ2v) is 6.90. The molecule has 0 radical (unpaired) electrons. The number of hydrogen-bond donors (Lipinski definition) is 0. The van der Waals surface area contributed by atoms with Crippen LogP contribution < -0.4 is 4.74 Å². The summed E-state index contributed by atoms with van der Waals surface area (Å²) in [5.74, 6) is 0.353. The van der Waals surface area contributed by atoms with E-state index in [0.29, 0.717) is 22.3 Å². The Bertz CT molecular complexity index is 672. The molecule has 0 spiro atoms. The van der Waals surface area contributed by atoms with E-state index in [0.717, 1.165) is 0 Å². The van der Waals surface area contributed by atoms with Gasteiger partial charge in [-0.1, -0.05) is 23.2 Å². The highest BCUT2D eigenvalue weighted by molar-refractivity contribution is 7.10. The second kappa shape index (κ2) is 7.36. The van der Waals surface area contributed by atoms with Gasteiger partial charge in [-0.05, 0) is 49.1 Å². The topological polar surface area (TPSA) is 29.5 Å². The highest BCUT2D eigenvalue weighted by Gasteiger charge is 2.21. The van der Waals surface area contributed by atoms with Gasteiger partial charge in [-0.2, -0.15) is 0 Å². The summed E-state index contributed by atoms with van der Waals surface area (Å²) in [5, 5.41) is 2.95. The highest BCUT2D eigenvalue weighted by Crippen LogP contribution is 2.28. The molecule has 1 atom stereocenters. The maximum Gasteiger partial charge on any atom is 0.263 e. The van der Waals surface area contributed by atoms with Crippen LogP contribution in [0.1, 0.15) is 17.4 Å². The molecule has 0 fully saturated rings. The third-order valence-electron chi connectivity index (χ3n) is 3.27. The lowest BCUT2D eigenvalue weighted by Crippen LogP contribution is -2.37. The fourth-order valence-electron chi connectivity index (χ4n) is 1.98. The molecule has 22 heavy (non-hydrogen) atoms. The number of carbonyl (C=O) groups is 1. The molecule has 0 aliphatic carbocycles. The standard InChI is InChI=1S/C16H17Cl2NO2S/c1-10-6-7-22-15(10)9-19(3)16(20)11(2)21-14-5-4-12(17)8-13(14)18/h4-8,11H,9H2,1-3H3. The van der Waals surface area contributed by atoms with Crippen molar-refractivity contribution >= 4 is 40.4 Å². The fourth-order valence-corrected chi connectivity index (χ4v) is 3.39. The molecule has 0 aliphatic rings. The van der Waals surface area contributed by atoms with E-state index in [4.69, 9.17) is 27.9 Å². The monoisotopic (exact) mass is 357 g/mol. The van der Waals surface area contributed by atoms with Gasteiger partial charge in [0.2, 0.25) is 0 Å². The zero-order chi connectivity index (χ0) is 16.3. The third-order valence-corrected chi connectivity index (χ3v) is 4.81. The Morgan fingerprint density at radius 2 is 2.09 bits per heavy atom. The minimum atomic E-state index is -0.621. The fraction of sp³-hybridized carbons (Fsp3) is 0.312. The van der Waals surface area contributed by atoms with Crippen molar-refractivity contribution in [1.82, 2.24) is 4.90 Å². The van der Waals surface area contributed by atoms with Crippen molar-refractivity contribution in [3.8, 4) is 5.75 Å². The molecule has 1 unspecified atom stereocenters. The molecule has 0 aliphatic heterocycles. The van der Waals surface area contributed by atoms with Gasteiger partial charge in [0, 0.05) is 16.9 Å². The third kappa shape index (κ3) is 4.15. The number of amides is 1. The summed E-state index contributed by atoms with van der Waals surface area (Å²) in [7, 11) is 1.77. The van der Waals surface area contributed by atoms with E-state index in [1.807, 2.05) is 18.4 Å². The lowest BCUT2D eigenvalue weighted by Gasteiger charge is -2.22. The summed E-state index contributed by atoms with van der Waals surface area (Å²) in [6, 6.07) is 6.98. The molecule has 1 amide bonds. The molecule has 3 nitrogen and oxygen atoms in total. The van der Waals surface area contributed by atoms with Crippen LogP contribution in [0.2, 0.25) is 10.0 Å². The van der Waals surface area contributed by atoms with Crippen molar-refractivity contribution in [2.75, 3.05) is 7.05 Å². The molecule has 1 aromatic carbocycles. The van der Waals surface area contributed by atoms with Crippen LogP contribution in [-0.2, 0) is 11.3 Å². The molecule has 2 rings (SSSR count). The van der Waals surface area contributed by atoms with E-state index >= 15 is 0 Å². The summed E-state index contributed by atoms with van der Waals surface area (Å²) >= 11 is 13.6. The molecule has 1 heterocycles. The largest absolute Gasteiger partial charge is 0.479 e. The quantitative estimate of drug-likeness (QED) is 0.769. The van der Waals surface area contributed by atoms with Gasteiger partial charge in [0.15, 0.2) is 6.10 Å². The molecular formula is C16H17Cl2NO2S. The molecule has 0 saturated heterocycles. The van der Waals surface area contributed by atoms with Crippen LogP contribution in [0.5, 0.6) is 5.75 Å².